The molecule has 1 unspecified atom stereocenters. The minimum atomic E-state index is -3.68. The van der Waals surface area contributed by atoms with Crippen molar-refractivity contribution >= 4 is 45.0 Å². The van der Waals surface area contributed by atoms with Gasteiger partial charge in [-0.2, -0.15) is 4.31 Å². The first-order chi connectivity index (χ1) is 11.7. The van der Waals surface area contributed by atoms with Crippen LogP contribution in [-0.4, -0.2) is 73.6 Å². The normalized spacial score (nSPS) is 23.5. The molecule has 0 saturated carbocycles. The van der Waals surface area contributed by atoms with Gasteiger partial charge in [0.15, 0.2) is 0 Å². The molecular weight excluding hydrogens is 389 g/mol. The molecule has 25 heavy (non-hydrogen) atoms. The topological polar surface area (TPSA) is 78.0 Å². The maximum absolute atomic E-state index is 12.7. The smallest absolute Gasteiger partial charge is 0.246 e. The number of nitrogens with zero attached hydrogens (tertiary/aromatic N) is 3. The predicted octanol–water partition coefficient (Wildman–Crippen LogP) is 1.06. The monoisotopic (exact) mass is 405 g/mol. The fourth-order valence-corrected chi connectivity index (χ4v) is 4.88. The highest BCUT2D eigenvalue weighted by molar-refractivity contribution is 7.89. The summed E-state index contributed by atoms with van der Waals surface area (Å²) < 4.78 is 26.8. The number of carbonyl (C=O) groups is 2. The Kier molecular flexibility index (Phi) is 5.09. The van der Waals surface area contributed by atoms with Gasteiger partial charge in [0.25, 0.3) is 0 Å². The van der Waals surface area contributed by atoms with Crippen LogP contribution in [0.1, 0.15) is 6.42 Å². The highest BCUT2D eigenvalue weighted by Gasteiger charge is 2.41. The van der Waals surface area contributed by atoms with E-state index < -0.39 is 16.1 Å². The summed E-state index contributed by atoms with van der Waals surface area (Å²) in [6.07, 6.45) is 0.148. The third-order valence-corrected chi connectivity index (χ3v) is 7.23. The maximum Gasteiger partial charge on any atom is 0.246 e. The molecule has 7 nitrogen and oxygen atoms in total. The van der Waals surface area contributed by atoms with Crippen LogP contribution in [0.4, 0.5) is 0 Å². The van der Waals surface area contributed by atoms with Gasteiger partial charge in [0.1, 0.15) is 0 Å². The first-order valence-electron chi connectivity index (χ1n) is 7.71. The van der Waals surface area contributed by atoms with E-state index in [4.69, 9.17) is 23.2 Å². The number of likely N-dealkylation sites (N-methyl/N-ethyl adjacent to an activating group) is 1. The van der Waals surface area contributed by atoms with Crippen LogP contribution in [0.25, 0.3) is 0 Å². The highest BCUT2D eigenvalue weighted by atomic mass is 35.5. The van der Waals surface area contributed by atoms with E-state index in [1.807, 2.05) is 4.90 Å². The fourth-order valence-electron chi connectivity index (χ4n) is 3.06. The Morgan fingerprint density at radius 1 is 1.04 bits per heavy atom. The number of benzene rings is 1. The van der Waals surface area contributed by atoms with E-state index in [0.717, 1.165) is 4.90 Å². The molecule has 0 aliphatic carbocycles. The molecular formula is C15H17Cl2N3O4S. The number of hydrogen-bond acceptors (Lipinski definition) is 5. The summed E-state index contributed by atoms with van der Waals surface area (Å²) in [6, 6.07) is 3.71. The van der Waals surface area contributed by atoms with Gasteiger partial charge in [-0.3, -0.25) is 19.4 Å². The summed E-state index contributed by atoms with van der Waals surface area (Å²) in [5.41, 5.74) is 0. The van der Waals surface area contributed by atoms with Gasteiger partial charge in [-0.25, -0.2) is 8.42 Å². The van der Waals surface area contributed by atoms with Crippen LogP contribution >= 0.6 is 23.2 Å². The molecule has 136 valence electrons. The van der Waals surface area contributed by atoms with Gasteiger partial charge in [-0.15, -0.1) is 0 Å². The van der Waals surface area contributed by atoms with Crippen LogP contribution in [0, 0.1) is 0 Å². The van der Waals surface area contributed by atoms with Gasteiger partial charge in [0.2, 0.25) is 21.8 Å². The molecule has 0 radical (unpaired) electrons. The van der Waals surface area contributed by atoms with Gasteiger partial charge in [-0.05, 0) is 18.2 Å². The number of piperazine rings is 1. The predicted molar refractivity (Wildman–Crippen MR) is 93.0 cm³/mol. The summed E-state index contributed by atoms with van der Waals surface area (Å²) in [5, 5.41) is 0.471. The van der Waals surface area contributed by atoms with Crippen molar-refractivity contribution in [2.75, 3.05) is 33.2 Å². The SMILES string of the molecule is CN1C(=O)CC(N2CCN(S(=O)(=O)c3ccc(Cl)c(Cl)c3)CC2)C1=O. The molecule has 3 rings (SSSR count). The van der Waals surface area contributed by atoms with Gasteiger partial charge in [0.05, 0.1) is 27.4 Å². The maximum atomic E-state index is 12.7. The summed E-state index contributed by atoms with van der Waals surface area (Å²) in [7, 11) is -2.21. The van der Waals surface area contributed by atoms with Gasteiger partial charge in [-0.1, -0.05) is 23.2 Å². The first kappa shape index (κ1) is 18.6. The van der Waals surface area contributed by atoms with Crippen molar-refractivity contribution in [3.8, 4) is 0 Å². The Morgan fingerprint density at radius 2 is 1.68 bits per heavy atom. The van der Waals surface area contributed by atoms with Crippen molar-refractivity contribution in [1.29, 1.82) is 0 Å². The van der Waals surface area contributed by atoms with Crippen molar-refractivity contribution in [3.63, 3.8) is 0 Å². The Labute approximate surface area is 156 Å². The average molecular weight is 406 g/mol. The number of carbonyl (C=O) groups excluding carboxylic acids is 2. The van der Waals surface area contributed by atoms with Crippen LogP contribution in [0.3, 0.4) is 0 Å². The Hall–Kier alpha value is -1.19. The Balaban J connectivity index is 1.70. The third kappa shape index (κ3) is 3.41. The largest absolute Gasteiger partial charge is 0.289 e. The lowest BCUT2D eigenvalue weighted by atomic mass is 10.2. The van der Waals surface area contributed by atoms with Gasteiger partial charge < -0.3 is 0 Å². The molecule has 2 saturated heterocycles. The molecule has 0 bridgehead atoms. The molecule has 0 aromatic heterocycles. The lowest BCUT2D eigenvalue weighted by Gasteiger charge is -2.36. The third-order valence-electron chi connectivity index (χ3n) is 4.60. The zero-order valence-corrected chi connectivity index (χ0v) is 15.8. The van der Waals surface area contributed by atoms with Crippen LogP contribution < -0.4 is 0 Å². The van der Waals surface area contributed by atoms with E-state index in [0.29, 0.717) is 18.1 Å². The van der Waals surface area contributed by atoms with E-state index >= 15 is 0 Å². The van der Waals surface area contributed by atoms with E-state index in [-0.39, 0.29) is 41.2 Å². The van der Waals surface area contributed by atoms with Crippen LogP contribution in [-0.2, 0) is 19.6 Å². The molecule has 2 heterocycles. The number of likely N-dealkylation sites (tertiary alicyclic amines) is 1. The molecule has 0 N–H and O–H groups in total. The van der Waals surface area contributed by atoms with Gasteiger partial charge in [0, 0.05) is 33.2 Å². The Morgan fingerprint density at radius 3 is 2.20 bits per heavy atom. The fraction of sp³-hybridized carbons (Fsp3) is 0.467. The number of amides is 2. The lowest BCUT2D eigenvalue weighted by Crippen LogP contribution is -2.53. The summed E-state index contributed by atoms with van der Waals surface area (Å²) in [4.78, 5) is 26.8. The second-order valence-electron chi connectivity index (χ2n) is 6.03. The minimum Gasteiger partial charge on any atom is -0.289 e. The highest BCUT2D eigenvalue weighted by Crippen LogP contribution is 2.27. The van der Waals surface area contributed by atoms with Crippen LogP contribution in [0.5, 0.6) is 0 Å². The number of imide groups is 1. The molecule has 2 aliphatic heterocycles. The molecule has 0 spiro atoms. The molecule has 2 aliphatic rings. The summed E-state index contributed by atoms with van der Waals surface area (Å²) in [5.74, 6) is -0.438. The van der Waals surface area contributed by atoms with Gasteiger partial charge >= 0.3 is 0 Å². The van der Waals surface area contributed by atoms with E-state index in [2.05, 4.69) is 0 Å². The first-order valence-corrected chi connectivity index (χ1v) is 9.91. The number of sulfonamides is 1. The van der Waals surface area contributed by atoms with Crippen molar-refractivity contribution in [3.05, 3.63) is 28.2 Å². The summed E-state index contributed by atoms with van der Waals surface area (Å²) >= 11 is 11.7. The quantitative estimate of drug-likeness (QED) is 0.702. The van der Waals surface area contributed by atoms with E-state index in [9.17, 15) is 18.0 Å². The molecule has 1 aromatic rings. The van der Waals surface area contributed by atoms with Crippen molar-refractivity contribution in [1.82, 2.24) is 14.1 Å². The molecule has 1 aromatic carbocycles. The molecule has 10 heteroatoms. The number of halogens is 2. The molecule has 2 fully saturated rings. The number of hydrogen-bond donors (Lipinski definition) is 0. The zero-order valence-electron chi connectivity index (χ0n) is 13.5. The van der Waals surface area contributed by atoms with E-state index in [1.165, 1.54) is 29.6 Å². The second-order valence-corrected chi connectivity index (χ2v) is 8.78. The second kappa shape index (κ2) is 6.85. The standard InChI is InChI=1S/C15H17Cl2N3O4S/c1-18-14(21)9-13(15(18)22)19-4-6-20(7-5-19)25(23,24)10-2-3-11(16)12(17)8-10/h2-3,8,13H,4-7,9H2,1H3. The van der Waals surface area contributed by atoms with Crippen molar-refractivity contribution in [2.45, 2.75) is 17.4 Å². The molecule has 2 amide bonds. The van der Waals surface area contributed by atoms with E-state index in [1.54, 1.807) is 0 Å². The summed E-state index contributed by atoms with van der Waals surface area (Å²) in [6.45, 7) is 1.25. The van der Waals surface area contributed by atoms with Crippen LogP contribution in [0.2, 0.25) is 10.0 Å². The lowest BCUT2D eigenvalue weighted by molar-refractivity contribution is -0.138. The molecule has 1 atom stereocenters. The number of rotatable bonds is 3. The average Bonchev–Trinajstić information content (AvgIpc) is 2.85. The van der Waals surface area contributed by atoms with Crippen molar-refractivity contribution in [2.24, 2.45) is 0 Å². The zero-order chi connectivity index (χ0) is 18.4. The van der Waals surface area contributed by atoms with Crippen molar-refractivity contribution < 1.29 is 18.0 Å². The minimum absolute atomic E-state index is 0.0854. The van der Waals surface area contributed by atoms with Crippen LogP contribution in [0.15, 0.2) is 23.1 Å². The Bertz CT molecular complexity index is 822.